The van der Waals surface area contributed by atoms with Crippen molar-refractivity contribution in [2.45, 2.75) is 19.8 Å². The van der Waals surface area contributed by atoms with Gasteiger partial charge in [0.05, 0.1) is 0 Å². The highest BCUT2D eigenvalue weighted by Gasteiger charge is 2.03. The highest BCUT2D eigenvalue weighted by Crippen LogP contribution is 2.22. The highest BCUT2D eigenvalue weighted by molar-refractivity contribution is 6.30. The molecule has 0 aliphatic heterocycles. The predicted molar refractivity (Wildman–Crippen MR) is 105 cm³/mol. The van der Waals surface area contributed by atoms with Gasteiger partial charge < -0.3 is 10.6 Å². The Morgan fingerprint density at radius 1 is 1.04 bits per heavy atom. The molecule has 0 radical (unpaired) electrons. The fourth-order valence-electron chi connectivity index (χ4n) is 2.52. The molecule has 25 heavy (non-hydrogen) atoms. The molecule has 0 saturated heterocycles. The van der Waals surface area contributed by atoms with Crippen molar-refractivity contribution in [2.24, 2.45) is 0 Å². The normalized spacial score (nSPS) is 10.5. The standard InChI is InChI=1S/C20H21ClN4/c1-15-9-10-17(21)14-18(15)24-20-23-13-11-19(25-20)22-12-5-8-16-6-3-2-4-7-16/h2-4,6-7,9-11,13-14H,5,8,12H2,1H3,(H2,22,23,24,25). The lowest BCUT2D eigenvalue weighted by Crippen LogP contribution is -2.06. The number of benzene rings is 2. The van der Waals surface area contributed by atoms with Crippen molar-refractivity contribution < 1.29 is 0 Å². The third-order valence-electron chi connectivity index (χ3n) is 3.89. The van der Waals surface area contributed by atoms with E-state index < -0.39 is 0 Å². The SMILES string of the molecule is Cc1ccc(Cl)cc1Nc1nccc(NCCCc2ccccc2)n1. The molecule has 0 atom stereocenters. The Morgan fingerprint density at radius 3 is 2.72 bits per heavy atom. The van der Waals surface area contributed by atoms with E-state index in [4.69, 9.17) is 11.6 Å². The second kappa shape index (κ2) is 8.49. The molecule has 128 valence electrons. The summed E-state index contributed by atoms with van der Waals surface area (Å²) < 4.78 is 0. The van der Waals surface area contributed by atoms with E-state index in [-0.39, 0.29) is 0 Å². The summed E-state index contributed by atoms with van der Waals surface area (Å²) >= 11 is 6.06. The summed E-state index contributed by atoms with van der Waals surface area (Å²) in [5.41, 5.74) is 3.36. The van der Waals surface area contributed by atoms with E-state index in [1.807, 2.05) is 37.3 Å². The number of hydrogen-bond donors (Lipinski definition) is 2. The van der Waals surface area contributed by atoms with Crippen LogP contribution in [0.15, 0.2) is 60.8 Å². The third-order valence-corrected chi connectivity index (χ3v) is 4.13. The molecule has 0 amide bonds. The lowest BCUT2D eigenvalue weighted by molar-refractivity contribution is 0.858. The molecule has 0 aliphatic carbocycles. The number of anilines is 3. The van der Waals surface area contributed by atoms with Crippen molar-refractivity contribution in [1.29, 1.82) is 0 Å². The van der Waals surface area contributed by atoms with Crippen LogP contribution in [0.25, 0.3) is 0 Å². The van der Waals surface area contributed by atoms with Gasteiger partial charge in [0.1, 0.15) is 5.82 Å². The molecule has 0 bridgehead atoms. The maximum Gasteiger partial charge on any atom is 0.229 e. The molecule has 1 heterocycles. The van der Waals surface area contributed by atoms with Crippen LogP contribution in [0.2, 0.25) is 5.02 Å². The quantitative estimate of drug-likeness (QED) is 0.572. The Balaban J connectivity index is 1.55. The number of aryl methyl sites for hydroxylation is 2. The van der Waals surface area contributed by atoms with Crippen molar-refractivity contribution in [3.8, 4) is 0 Å². The van der Waals surface area contributed by atoms with Crippen molar-refractivity contribution in [3.63, 3.8) is 0 Å². The molecule has 0 unspecified atom stereocenters. The maximum atomic E-state index is 6.06. The van der Waals surface area contributed by atoms with Crippen molar-refractivity contribution in [3.05, 3.63) is 76.9 Å². The van der Waals surface area contributed by atoms with Gasteiger partial charge in [0, 0.05) is 23.5 Å². The second-order valence-corrected chi connectivity index (χ2v) is 6.30. The maximum absolute atomic E-state index is 6.06. The van der Waals surface area contributed by atoms with Crippen LogP contribution in [0.4, 0.5) is 17.5 Å². The number of nitrogens with zero attached hydrogens (tertiary/aromatic N) is 2. The Bertz CT molecular complexity index is 821. The topological polar surface area (TPSA) is 49.8 Å². The second-order valence-electron chi connectivity index (χ2n) is 5.87. The number of rotatable bonds is 7. The van der Waals surface area contributed by atoms with E-state index in [1.165, 1.54) is 5.56 Å². The first-order chi connectivity index (χ1) is 12.2. The summed E-state index contributed by atoms with van der Waals surface area (Å²) in [7, 11) is 0. The van der Waals surface area contributed by atoms with Crippen molar-refractivity contribution in [2.75, 3.05) is 17.2 Å². The molecular weight excluding hydrogens is 332 g/mol. The minimum Gasteiger partial charge on any atom is -0.370 e. The first-order valence-electron chi connectivity index (χ1n) is 8.35. The molecule has 4 nitrogen and oxygen atoms in total. The Morgan fingerprint density at radius 2 is 1.88 bits per heavy atom. The monoisotopic (exact) mass is 352 g/mol. The fraction of sp³-hybridized carbons (Fsp3) is 0.200. The zero-order valence-electron chi connectivity index (χ0n) is 14.2. The molecule has 2 aromatic carbocycles. The van der Waals surface area contributed by atoms with Crippen LogP contribution in [0.1, 0.15) is 17.5 Å². The average Bonchev–Trinajstić information content (AvgIpc) is 2.63. The predicted octanol–water partition coefficient (Wildman–Crippen LogP) is 5.23. The van der Waals surface area contributed by atoms with E-state index >= 15 is 0 Å². The lowest BCUT2D eigenvalue weighted by Gasteiger charge is -2.10. The first kappa shape index (κ1) is 17.2. The van der Waals surface area contributed by atoms with Gasteiger partial charge in [-0.3, -0.25) is 0 Å². The van der Waals surface area contributed by atoms with Gasteiger partial charge in [-0.05, 0) is 49.1 Å². The molecule has 0 aliphatic rings. The van der Waals surface area contributed by atoms with Crippen LogP contribution in [0.3, 0.4) is 0 Å². The number of nitrogens with one attached hydrogen (secondary N) is 2. The Kier molecular flexibility index (Phi) is 5.86. The number of halogens is 1. The smallest absolute Gasteiger partial charge is 0.229 e. The van der Waals surface area contributed by atoms with Gasteiger partial charge in [0.2, 0.25) is 5.95 Å². The summed E-state index contributed by atoms with van der Waals surface area (Å²) in [6.45, 7) is 2.88. The van der Waals surface area contributed by atoms with Gasteiger partial charge in [-0.15, -0.1) is 0 Å². The average molecular weight is 353 g/mol. The van der Waals surface area contributed by atoms with E-state index in [1.54, 1.807) is 6.20 Å². The Hall–Kier alpha value is -2.59. The van der Waals surface area contributed by atoms with E-state index in [0.717, 1.165) is 36.5 Å². The third kappa shape index (κ3) is 5.19. The molecular formula is C20H21ClN4. The largest absolute Gasteiger partial charge is 0.370 e. The van der Waals surface area contributed by atoms with Crippen LogP contribution in [0.5, 0.6) is 0 Å². The van der Waals surface area contributed by atoms with Crippen molar-refractivity contribution >= 4 is 29.1 Å². The number of hydrogen-bond acceptors (Lipinski definition) is 4. The van der Waals surface area contributed by atoms with Gasteiger partial charge in [0.25, 0.3) is 0 Å². The summed E-state index contributed by atoms with van der Waals surface area (Å²) in [6, 6.07) is 18.1. The summed E-state index contributed by atoms with van der Waals surface area (Å²) in [5.74, 6) is 1.36. The minimum atomic E-state index is 0.554. The van der Waals surface area contributed by atoms with Crippen LogP contribution in [-0.4, -0.2) is 16.5 Å². The van der Waals surface area contributed by atoms with Crippen molar-refractivity contribution in [1.82, 2.24) is 9.97 Å². The zero-order chi connectivity index (χ0) is 17.5. The lowest BCUT2D eigenvalue weighted by atomic mass is 10.1. The minimum absolute atomic E-state index is 0.554. The van der Waals surface area contributed by atoms with E-state index in [2.05, 4.69) is 44.9 Å². The fourth-order valence-corrected chi connectivity index (χ4v) is 2.69. The molecule has 0 fully saturated rings. The van der Waals surface area contributed by atoms with Gasteiger partial charge in [0.15, 0.2) is 0 Å². The molecule has 3 rings (SSSR count). The molecule has 1 aromatic heterocycles. The van der Waals surface area contributed by atoms with Crippen LogP contribution >= 0.6 is 11.6 Å². The highest BCUT2D eigenvalue weighted by atomic mass is 35.5. The van der Waals surface area contributed by atoms with E-state index in [0.29, 0.717) is 11.0 Å². The molecule has 0 saturated carbocycles. The molecule has 0 spiro atoms. The Labute approximate surface area is 153 Å². The summed E-state index contributed by atoms with van der Waals surface area (Å²) in [5, 5.41) is 7.26. The number of aromatic nitrogens is 2. The molecule has 3 aromatic rings. The van der Waals surface area contributed by atoms with Gasteiger partial charge in [-0.1, -0.05) is 48.0 Å². The summed E-state index contributed by atoms with van der Waals surface area (Å²) in [6.07, 6.45) is 3.84. The van der Waals surface area contributed by atoms with Crippen LogP contribution in [0, 0.1) is 6.92 Å². The zero-order valence-corrected chi connectivity index (χ0v) is 14.9. The van der Waals surface area contributed by atoms with Gasteiger partial charge in [-0.25, -0.2) is 4.98 Å². The molecule has 5 heteroatoms. The van der Waals surface area contributed by atoms with Crippen LogP contribution < -0.4 is 10.6 Å². The molecule has 2 N–H and O–H groups in total. The summed E-state index contributed by atoms with van der Waals surface area (Å²) in [4.78, 5) is 8.78. The van der Waals surface area contributed by atoms with Gasteiger partial charge >= 0.3 is 0 Å². The van der Waals surface area contributed by atoms with E-state index in [9.17, 15) is 0 Å². The van der Waals surface area contributed by atoms with Gasteiger partial charge in [-0.2, -0.15) is 4.98 Å². The first-order valence-corrected chi connectivity index (χ1v) is 8.72. The van der Waals surface area contributed by atoms with Crippen LogP contribution in [-0.2, 0) is 6.42 Å².